The zero-order chi connectivity index (χ0) is 7.56. The summed E-state index contributed by atoms with van der Waals surface area (Å²) in [7, 11) is 1.72. The monoisotopic (exact) mass is 161 g/mol. The fourth-order valence-electron chi connectivity index (χ4n) is 0.706. The second-order valence-corrected chi connectivity index (χ2v) is 2.44. The van der Waals surface area contributed by atoms with Gasteiger partial charge < -0.3 is 5.32 Å². The number of aliphatic imine (C=N–C) groups is 1. The van der Waals surface area contributed by atoms with Gasteiger partial charge >= 0.3 is 6.03 Å². The molecular formula is C5H8ClN3O. The van der Waals surface area contributed by atoms with Gasteiger partial charge in [-0.1, -0.05) is 0 Å². The Kier molecular flexibility index (Phi) is 2.24. The molecule has 2 unspecified atom stereocenters. The minimum absolute atomic E-state index is 0.202. The number of nitrogens with one attached hydrogen (secondary N) is 2. The zero-order valence-corrected chi connectivity index (χ0v) is 6.22. The number of alkyl halides is 1. The molecule has 0 bridgehead atoms. The first-order valence-electron chi connectivity index (χ1n) is 2.90. The lowest BCUT2D eigenvalue weighted by molar-refractivity contribution is 0.243. The van der Waals surface area contributed by atoms with E-state index in [2.05, 4.69) is 15.6 Å². The smallest absolute Gasteiger partial charge is 0.319 e. The summed E-state index contributed by atoms with van der Waals surface area (Å²) in [6.45, 7) is 0. The van der Waals surface area contributed by atoms with Gasteiger partial charge in [0.1, 0.15) is 11.5 Å². The standard InChI is InChI=1S/C5H8ClN3O/c1-7-4-3(6)2-8-5(10)9-4/h2-4,7H,1H3,(H,9,10). The molecule has 0 aromatic heterocycles. The maximum absolute atomic E-state index is 10.6. The van der Waals surface area contributed by atoms with E-state index in [1.54, 1.807) is 7.05 Å². The molecule has 0 saturated carbocycles. The fraction of sp³-hybridized carbons (Fsp3) is 0.600. The van der Waals surface area contributed by atoms with Gasteiger partial charge in [0.2, 0.25) is 0 Å². The van der Waals surface area contributed by atoms with Gasteiger partial charge in [0, 0.05) is 6.21 Å². The van der Waals surface area contributed by atoms with Gasteiger partial charge in [0.15, 0.2) is 0 Å². The minimum Gasteiger partial charge on any atom is -0.319 e. The molecule has 1 heterocycles. The number of amides is 2. The van der Waals surface area contributed by atoms with Crippen molar-refractivity contribution in [3.63, 3.8) is 0 Å². The van der Waals surface area contributed by atoms with Crippen molar-refractivity contribution < 1.29 is 4.79 Å². The van der Waals surface area contributed by atoms with Crippen molar-refractivity contribution >= 4 is 23.8 Å². The molecule has 0 aliphatic carbocycles. The molecule has 0 saturated heterocycles. The highest BCUT2D eigenvalue weighted by Crippen LogP contribution is 2.01. The van der Waals surface area contributed by atoms with E-state index in [-0.39, 0.29) is 17.6 Å². The minimum atomic E-state index is -0.351. The third-order valence-electron chi connectivity index (χ3n) is 1.24. The molecule has 0 spiro atoms. The molecule has 2 N–H and O–H groups in total. The fourth-order valence-corrected chi connectivity index (χ4v) is 0.952. The highest BCUT2D eigenvalue weighted by atomic mass is 35.5. The molecule has 56 valence electrons. The second-order valence-electron chi connectivity index (χ2n) is 1.94. The van der Waals surface area contributed by atoms with Crippen molar-refractivity contribution in [2.24, 2.45) is 4.99 Å². The van der Waals surface area contributed by atoms with Gasteiger partial charge in [-0.25, -0.2) is 9.79 Å². The summed E-state index contributed by atoms with van der Waals surface area (Å²) in [6.07, 6.45) is 1.22. The molecule has 2 amide bonds. The van der Waals surface area contributed by atoms with Crippen LogP contribution in [0.4, 0.5) is 4.79 Å². The van der Waals surface area contributed by atoms with Crippen LogP contribution in [0.15, 0.2) is 4.99 Å². The molecular weight excluding hydrogens is 154 g/mol. The average Bonchev–Trinajstić information content (AvgIpc) is 1.94. The largest absolute Gasteiger partial charge is 0.341 e. The van der Waals surface area contributed by atoms with Gasteiger partial charge in [-0.15, -0.1) is 11.6 Å². The highest BCUT2D eigenvalue weighted by molar-refractivity contribution is 6.29. The maximum atomic E-state index is 10.6. The molecule has 5 heteroatoms. The lowest BCUT2D eigenvalue weighted by Gasteiger charge is -2.21. The third-order valence-corrected chi connectivity index (χ3v) is 1.61. The Morgan fingerprint density at radius 3 is 3.10 bits per heavy atom. The molecule has 1 aliphatic rings. The number of carbonyl (C=O) groups is 1. The van der Waals surface area contributed by atoms with Crippen LogP contribution in [0.2, 0.25) is 0 Å². The Morgan fingerprint density at radius 2 is 2.60 bits per heavy atom. The maximum Gasteiger partial charge on any atom is 0.341 e. The van der Waals surface area contributed by atoms with E-state index < -0.39 is 0 Å². The van der Waals surface area contributed by atoms with E-state index in [9.17, 15) is 4.79 Å². The summed E-state index contributed by atoms with van der Waals surface area (Å²) < 4.78 is 0. The molecule has 0 fully saturated rings. The SMILES string of the molecule is CNC1NC(=O)N=CC1Cl. The average molecular weight is 162 g/mol. The van der Waals surface area contributed by atoms with Crippen molar-refractivity contribution in [1.82, 2.24) is 10.6 Å². The Balaban J connectivity index is 2.62. The molecule has 1 aliphatic heterocycles. The van der Waals surface area contributed by atoms with E-state index in [1.807, 2.05) is 0 Å². The van der Waals surface area contributed by atoms with Crippen LogP contribution >= 0.6 is 11.6 Å². The summed E-state index contributed by atoms with van der Waals surface area (Å²) in [4.78, 5) is 14.0. The topological polar surface area (TPSA) is 53.5 Å². The summed E-state index contributed by atoms with van der Waals surface area (Å²) in [5, 5.41) is 5.10. The first-order chi connectivity index (χ1) is 4.74. The van der Waals surface area contributed by atoms with Crippen molar-refractivity contribution in [1.29, 1.82) is 0 Å². The van der Waals surface area contributed by atoms with Gasteiger partial charge in [0.05, 0.1) is 0 Å². The van der Waals surface area contributed by atoms with Gasteiger partial charge in [-0.2, -0.15) is 0 Å². The van der Waals surface area contributed by atoms with Crippen LogP contribution in [0.3, 0.4) is 0 Å². The molecule has 4 nitrogen and oxygen atoms in total. The third kappa shape index (κ3) is 1.46. The van der Waals surface area contributed by atoms with Crippen molar-refractivity contribution in [2.75, 3.05) is 7.05 Å². The predicted molar refractivity (Wildman–Crippen MR) is 39.5 cm³/mol. The lowest BCUT2D eigenvalue weighted by Crippen LogP contribution is -2.52. The van der Waals surface area contributed by atoms with E-state index in [1.165, 1.54) is 6.21 Å². The van der Waals surface area contributed by atoms with Crippen LogP contribution in [0.25, 0.3) is 0 Å². The molecule has 0 aromatic carbocycles. The normalized spacial score (nSPS) is 32.0. The highest BCUT2D eigenvalue weighted by Gasteiger charge is 2.21. The summed E-state index contributed by atoms with van der Waals surface area (Å²) >= 11 is 5.72. The van der Waals surface area contributed by atoms with E-state index >= 15 is 0 Å². The number of hydrogen-bond acceptors (Lipinski definition) is 2. The first-order valence-corrected chi connectivity index (χ1v) is 3.33. The van der Waals surface area contributed by atoms with E-state index in [4.69, 9.17) is 11.6 Å². The van der Waals surface area contributed by atoms with Gasteiger partial charge in [-0.3, -0.25) is 5.32 Å². The van der Waals surface area contributed by atoms with E-state index in [0.29, 0.717) is 0 Å². The second kappa shape index (κ2) is 2.98. The number of carbonyl (C=O) groups excluding carboxylic acids is 1. The molecule has 0 radical (unpaired) electrons. The van der Waals surface area contributed by atoms with Crippen molar-refractivity contribution in [2.45, 2.75) is 11.5 Å². The Hall–Kier alpha value is -0.610. The number of hydrogen-bond donors (Lipinski definition) is 2. The summed E-state index contributed by atoms with van der Waals surface area (Å²) in [5.41, 5.74) is 0. The first kappa shape index (κ1) is 7.50. The Morgan fingerprint density at radius 1 is 1.90 bits per heavy atom. The van der Waals surface area contributed by atoms with Gasteiger partial charge in [-0.05, 0) is 7.05 Å². The summed E-state index contributed by atoms with van der Waals surface area (Å²) in [6, 6.07) is -0.351. The number of nitrogens with zero attached hydrogens (tertiary/aromatic N) is 1. The molecule has 10 heavy (non-hydrogen) atoms. The number of halogens is 1. The van der Waals surface area contributed by atoms with Gasteiger partial charge in [0.25, 0.3) is 0 Å². The Bertz CT molecular complexity index is 170. The molecule has 1 rings (SSSR count). The van der Waals surface area contributed by atoms with E-state index in [0.717, 1.165) is 0 Å². The van der Waals surface area contributed by atoms with Crippen molar-refractivity contribution in [3.05, 3.63) is 0 Å². The van der Waals surface area contributed by atoms with Crippen LogP contribution < -0.4 is 10.6 Å². The molecule has 0 aromatic rings. The van der Waals surface area contributed by atoms with Crippen LogP contribution in [-0.2, 0) is 0 Å². The van der Waals surface area contributed by atoms with Crippen LogP contribution in [0, 0.1) is 0 Å². The Labute approximate surface area is 63.7 Å². The van der Waals surface area contributed by atoms with Crippen LogP contribution in [-0.4, -0.2) is 30.8 Å². The van der Waals surface area contributed by atoms with Crippen LogP contribution in [0.5, 0.6) is 0 Å². The molecule has 2 atom stereocenters. The quantitative estimate of drug-likeness (QED) is 0.530. The predicted octanol–water partition coefficient (Wildman–Crippen LogP) is -0.0667. The number of rotatable bonds is 1. The summed E-state index contributed by atoms with van der Waals surface area (Å²) in [5.74, 6) is 0. The number of urea groups is 1. The lowest BCUT2D eigenvalue weighted by atomic mass is 10.3. The van der Waals surface area contributed by atoms with Crippen LogP contribution in [0.1, 0.15) is 0 Å². The zero-order valence-electron chi connectivity index (χ0n) is 5.47. The van der Waals surface area contributed by atoms with Crippen molar-refractivity contribution in [3.8, 4) is 0 Å².